The minimum absolute atomic E-state index is 0.115. The van der Waals surface area contributed by atoms with Gasteiger partial charge in [-0.25, -0.2) is 0 Å². The lowest BCUT2D eigenvalue weighted by Gasteiger charge is -2.11. The fraction of sp³-hybridized carbons (Fsp3) is 0.438. The van der Waals surface area contributed by atoms with Crippen LogP contribution in [-0.4, -0.2) is 5.16 Å². The summed E-state index contributed by atoms with van der Waals surface area (Å²) < 4.78 is 44.9. The lowest BCUT2D eigenvalue weighted by molar-refractivity contribution is -0.137. The topological polar surface area (TPSA) is 26.0 Å². The second-order valence-corrected chi connectivity index (χ2v) is 5.44. The second kappa shape index (κ2) is 5.20. The molecule has 1 aromatic carbocycles. The van der Waals surface area contributed by atoms with E-state index in [1.807, 2.05) is 6.92 Å². The highest BCUT2D eigenvalue weighted by molar-refractivity contribution is 5.68. The number of hydrogen-bond acceptors (Lipinski definition) is 2. The molecule has 21 heavy (non-hydrogen) atoms. The van der Waals surface area contributed by atoms with E-state index in [2.05, 4.69) is 5.16 Å². The lowest BCUT2D eigenvalue weighted by Crippen LogP contribution is -2.07. The first-order chi connectivity index (χ1) is 10.0. The average molecular weight is 295 g/mol. The van der Waals surface area contributed by atoms with Crippen molar-refractivity contribution in [3.63, 3.8) is 0 Å². The molecule has 1 aliphatic rings. The first kappa shape index (κ1) is 14.2. The zero-order valence-corrected chi connectivity index (χ0v) is 11.7. The Morgan fingerprint density at radius 2 is 1.95 bits per heavy atom. The Bertz CT molecular complexity index is 641. The monoisotopic (exact) mass is 295 g/mol. The second-order valence-electron chi connectivity index (χ2n) is 5.44. The molecule has 0 N–H and O–H groups in total. The third-order valence-corrected chi connectivity index (χ3v) is 3.75. The molecule has 1 aromatic heterocycles. The number of halogens is 3. The third kappa shape index (κ3) is 2.69. The summed E-state index contributed by atoms with van der Waals surface area (Å²) in [6.07, 6.45) is -0.781. The quantitative estimate of drug-likeness (QED) is 0.775. The van der Waals surface area contributed by atoms with Crippen LogP contribution in [0.4, 0.5) is 13.2 Å². The summed E-state index contributed by atoms with van der Waals surface area (Å²) in [4.78, 5) is 0. The Kier molecular flexibility index (Phi) is 3.51. The number of nitrogens with zero attached hydrogens (tertiary/aromatic N) is 1. The first-order valence-corrected chi connectivity index (χ1v) is 7.17. The van der Waals surface area contributed by atoms with Gasteiger partial charge >= 0.3 is 6.18 Å². The normalized spacial score (nSPS) is 15.4. The number of aromatic nitrogens is 1. The van der Waals surface area contributed by atoms with Crippen LogP contribution >= 0.6 is 0 Å². The third-order valence-electron chi connectivity index (χ3n) is 3.75. The predicted molar refractivity (Wildman–Crippen MR) is 72.9 cm³/mol. The first-order valence-electron chi connectivity index (χ1n) is 7.17. The van der Waals surface area contributed by atoms with Crippen molar-refractivity contribution in [2.24, 2.45) is 0 Å². The van der Waals surface area contributed by atoms with Gasteiger partial charge in [-0.3, -0.25) is 0 Å². The molecule has 1 saturated carbocycles. The van der Waals surface area contributed by atoms with E-state index in [-0.39, 0.29) is 5.56 Å². The maximum Gasteiger partial charge on any atom is 0.417 e. The van der Waals surface area contributed by atoms with Crippen LogP contribution in [0.15, 0.2) is 28.8 Å². The fourth-order valence-corrected chi connectivity index (χ4v) is 2.63. The van der Waals surface area contributed by atoms with Gasteiger partial charge in [-0.2, -0.15) is 13.2 Å². The van der Waals surface area contributed by atoms with Crippen LogP contribution in [0.1, 0.15) is 49.0 Å². The average Bonchev–Trinajstić information content (AvgIpc) is 3.20. The molecular formula is C16H16F3NO. The Morgan fingerprint density at radius 3 is 2.57 bits per heavy atom. The van der Waals surface area contributed by atoms with Gasteiger partial charge in [0, 0.05) is 17.0 Å². The van der Waals surface area contributed by atoms with Gasteiger partial charge in [-0.05, 0) is 25.3 Å². The van der Waals surface area contributed by atoms with Crippen molar-refractivity contribution in [3.8, 4) is 11.3 Å². The summed E-state index contributed by atoms with van der Waals surface area (Å²) >= 11 is 0. The summed E-state index contributed by atoms with van der Waals surface area (Å²) in [6.45, 7) is 2.00. The van der Waals surface area contributed by atoms with E-state index in [1.165, 1.54) is 12.1 Å². The highest BCUT2D eigenvalue weighted by atomic mass is 19.4. The summed E-state index contributed by atoms with van der Waals surface area (Å²) in [5, 5.41) is 3.97. The molecule has 0 amide bonds. The van der Waals surface area contributed by atoms with Crippen molar-refractivity contribution in [1.29, 1.82) is 0 Å². The van der Waals surface area contributed by atoms with Crippen molar-refractivity contribution < 1.29 is 17.7 Å². The molecular weight excluding hydrogens is 279 g/mol. The molecule has 2 nitrogen and oxygen atoms in total. The molecule has 0 atom stereocenters. The standard InChI is InChI=1S/C16H16F3NO/c1-2-5-12-14(20-21-15(12)10-8-9-10)11-6-3-4-7-13(11)16(17,18)19/h3-4,6-7,10H,2,5,8-9H2,1H3. The number of rotatable bonds is 4. The molecule has 0 saturated heterocycles. The highest BCUT2D eigenvalue weighted by Crippen LogP contribution is 2.45. The summed E-state index contributed by atoms with van der Waals surface area (Å²) in [5.41, 5.74) is 0.658. The van der Waals surface area contributed by atoms with Crippen LogP contribution < -0.4 is 0 Å². The van der Waals surface area contributed by atoms with Gasteiger partial charge in [0.1, 0.15) is 11.5 Å². The molecule has 3 rings (SSSR count). The smallest absolute Gasteiger partial charge is 0.360 e. The molecule has 0 bridgehead atoms. The van der Waals surface area contributed by atoms with Crippen molar-refractivity contribution in [1.82, 2.24) is 5.16 Å². The largest absolute Gasteiger partial charge is 0.417 e. The maximum atomic E-state index is 13.2. The molecule has 112 valence electrons. The minimum Gasteiger partial charge on any atom is -0.360 e. The predicted octanol–water partition coefficient (Wildman–Crippen LogP) is 5.19. The molecule has 0 aliphatic heterocycles. The molecule has 2 aromatic rings. The van der Waals surface area contributed by atoms with Crippen molar-refractivity contribution in [3.05, 3.63) is 41.2 Å². The SMILES string of the molecule is CCCc1c(-c2ccccc2C(F)(F)F)noc1C1CC1. The molecule has 0 unspecified atom stereocenters. The minimum atomic E-state index is -4.39. The van der Waals surface area contributed by atoms with Crippen LogP contribution in [0.25, 0.3) is 11.3 Å². The molecule has 0 radical (unpaired) electrons. The Morgan fingerprint density at radius 1 is 1.24 bits per heavy atom. The van der Waals surface area contributed by atoms with Gasteiger partial charge in [-0.15, -0.1) is 0 Å². The van der Waals surface area contributed by atoms with Crippen LogP contribution in [0.3, 0.4) is 0 Å². The summed E-state index contributed by atoms with van der Waals surface area (Å²) in [5.74, 6) is 1.12. The zero-order chi connectivity index (χ0) is 15.0. The number of benzene rings is 1. The van der Waals surface area contributed by atoms with E-state index in [0.29, 0.717) is 18.0 Å². The fourth-order valence-electron chi connectivity index (χ4n) is 2.63. The molecule has 0 spiro atoms. The Labute approximate surface area is 120 Å². The van der Waals surface area contributed by atoms with Crippen LogP contribution in [-0.2, 0) is 12.6 Å². The molecule has 5 heteroatoms. The van der Waals surface area contributed by atoms with E-state index >= 15 is 0 Å². The van der Waals surface area contributed by atoms with Gasteiger partial charge in [0.25, 0.3) is 0 Å². The van der Waals surface area contributed by atoms with Crippen molar-refractivity contribution in [2.75, 3.05) is 0 Å². The summed E-state index contributed by atoms with van der Waals surface area (Å²) in [7, 11) is 0. The molecule has 1 fully saturated rings. The van der Waals surface area contributed by atoms with E-state index < -0.39 is 11.7 Å². The van der Waals surface area contributed by atoms with E-state index in [9.17, 15) is 13.2 Å². The van der Waals surface area contributed by atoms with Gasteiger partial charge in [0.15, 0.2) is 0 Å². The van der Waals surface area contributed by atoms with E-state index in [0.717, 1.165) is 36.7 Å². The van der Waals surface area contributed by atoms with Crippen molar-refractivity contribution >= 4 is 0 Å². The highest BCUT2D eigenvalue weighted by Gasteiger charge is 2.37. The maximum absolute atomic E-state index is 13.2. The number of alkyl halides is 3. The molecule has 1 aliphatic carbocycles. The Hall–Kier alpha value is -1.78. The van der Waals surface area contributed by atoms with Gasteiger partial charge in [0.05, 0.1) is 5.56 Å². The van der Waals surface area contributed by atoms with Crippen molar-refractivity contribution in [2.45, 2.75) is 44.7 Å². The van der Waals surface area contributed by atoms with E-state index in [4.69, 9.17) is 4.52 Å². The van der Waals surface area contributed by atoms with Gasteiger partial charge < -0.3 is 4.52 Å². The zero-order valence-electron chi connectivity index (χ0n) is 11.7. The Balaban J connectivity index is 2.13. The van der Waals surface area contributed by atoms with Gasteiger partial charge in [-0.1, -0.05) is 36.7 Å². The van der Waals surface area contributed by atoms with Crippen LogP contribution in [0, 0.1) is 0 Å². The number of hydrogen-bond donors (Lipinski definition) is 0. The molecule has 1 heterocycles. The van der Waals surface area contributed by atoms with Crippen LogP contribution in [0.2, 0.25) is 0 Å². The summed E-state index contributed by atoms with van der Waals surface area (Å²) in [6, 6.07) is 5.56. The van der Waals surface area contributed by atoms with Crippen LogP contribution in [0.5, 0.6) is 0 Å². The van der Waals surface area contributed by atoms with Gasteiger partial charge in [0.2, 0.25) is 0 Å². The van der Waals surface area contributed by atoms with E-state index in [1.54, 1.807) is 6.07 Å². The lowest BCUT2D eigenvalue weighted by atomic mass is 9.97.